The fourth-order valence-electron chi connectivity index (χ4n) is 3.12. The van der Waals surface area contributed by atoms with Crippen LogP contribution in [0.2, 0.25) is 5.02 Å². The third-order valence-electron chi connectivity index (χ3n) is 5.15. The fourth-order valence-corrected chi connectivity index (χ4v) is 3.30. The number of carbonyl (C=O) groups excluding carboxylic acids is 2. The summed E-state index contributed by atoms with van der Waals surface area (Å²) in [5.41, 5.74) is 2.08. The molecule has 0 fully saturated rings. The van der Waals surface area contributed by atoms with Gasteiger partial charge >= 0.3 is 0 Å². The predicted molar refractivity (Wildman–Crippen MR) is 121 cm³/mol. The number of aryl methyl sites for hydroxylation is 1. The number of benzene rings is 2. The van der Waals surface area contributed by atoms with Gasteiger partial charge in [-0.25, -0.2) is 0 Å². The largest absolute Gasteiger partial charge is 0.484 e. The Hall–Kier alpha value is -2.53. The van der Waals surface area contributed by atoms with Crippen LogP contribution in [0.5, 0.6) is 5.75 Å². The molecule has 30 heavy (non-hydrogen) atoms. The standard InChI is InChI=1S/C24H31ClN2O3/c1-5-18(4)26-24(29)22(6-2)27(15-19-11-8-7-10-17(19)3)23(28)16-30-21-13-9-12-20(25)14-21/h7-14,18,22H,5-6,15-16H2,1-4H3,(H,26,29). The first kappa shape index (κ1) is 23.7. The summed E-state index contributed by atoms with van der Waals surface area (Å²) in [6.45, 7) is 8.06. The van der Waals surface area contributed by atoms with Gasteiger partial charge in [0.25, 0.3) is 5.91 Å². The van der Waals surface area contributed by atoms with Crippen LogP contribution in [0.1, 0.15) is 44.7 Å². The van der Waals surface area contributed by atoms with Crippen LogP contribution in [0.15, 0.2) is 48.5 Å². The SMILES string of the molecule is CCC(C)NC(=O)C(CC)N(Cc1ccccc1C)C(=O)COc1cccc(Cl)c1. The van der Waals surface area contributed by atoms with Crippen molar-refractivity contribution in [1.82, 2.24) is 10.2 Å². The third kappa shape index (κ3) is 6.77. The van der Waals surface area contributed by atoms with Crippen LogP contribution in [-0.4, -0.2) is 35.4 Å². The molecule has 0 bridgehead atoms. The summed E-state index contributed by atoms with van der Waals surface area (Å²) in [4.78, 5) is 27.7. The van der Waals surface area contributed by atoms with Gasteiger partial charge in [-0.05, 0) is 56.0 Å². The van der Waals surface area contributed by atoms with Crippen LogP contribution >= 0.6 is 11.6 Å². The minimum Gasteiger partial charge on any atom is -0.484 e. The fraction of sp³-hybridized carbons (Fsp3) is 0.417. The van der Waals surface area contributed by atoms with Crippen LogP contribution < -0.4 is 10.1 Å². The van der Waals surface area contributed by atoms with Gasteiger partial charge in [-0.2, -0.15) is 0 Å². The van der Waals surface area contributed by atoms with E-state index < -0.39 is 6.04 Å². The van der Waals surface area contributed by atoms with Crippen molar-refractivity contribution in [2.75, 3.05) is 6.61 Å². The average Bonchev–Trinajstić information content (AvgIpc) is 2.73. The Balaban J connectivity index is 2.23. The summed E-state index contributed by atoms with van der Waals surface area (Å²) in [5.74, 6) is 0.129. The Labute approximate surface area is 184 Å². The van der Waals surface area contributed by atoms with Crippen molar-refractivity contribution < 1.29 is 14.3 Å². The molecule has 2 atom stereocenters. The first-order chi connectivity index (χ1) is 14.3. The molecule has 0 saturated carbocycles. The summed E-state index contributed by atoms with van der Waals surface area (Å²) in [5, 5.41) is 3.54. The molecule has 0 heterocycles. The zero-order chi connectivity index (χ0) is 22.1. The molecule has 2 amide bonds. The molecular weight excluding hydrogens is 400 g/mol. The van der Waals surface area contributed by atoms with Crippen LogP contribution in [0.4, 0.5) is 0 Å². The predicted octanol–water partition coefficient (Wildman–Crippen LogP) is 4.75. The summed E-state index contributed by atoms with van der Waals surface area (Å²) in [7, 11) is 0. The monoisotopic (exact) mass is 430 g/mol. The van der Waals surface area contributed by atoms with E-state index in [9.17, 15) is 9.59 Å². The van der Waals surface area contributed by atoms with Crippen molar-refractivity contribution in [1.29, 1.82) is 0 Å². The van der Waals surface area contributed by atoms with Gasteiger partial charge in [-0.1, -0.05) is 55.8 Å². The molecule has 1 N–H and O–H groups in total. The van der Waals surface area contributed by atoms with Gasteiger partial charge in [-0.3, -0.25) is 9.59 Å². The van der Waals surface area contributed by atoms with E-state index in [4.69, 9.17) is 16.3 Å². The van der Waals surface area contributed by atoms with Crippen LogP contribution in [0.25, 0.3) is 0 Å². The molecule has 0 spiro atoms. The van der Waals surface area contributed by atoms with Gasteiger partial charge in [0.2, 0.25) is 5.91 Å². The molecule has 162 valence electrons. The van der Waals surface area contributed by atoms with E-state index >= 15 is 0 Å². The highest BCUT2D eigenvalue weighted by atomic mass is 35.5. The Kier molecular flexibility index (Phi) is 9.18. The maximum Gasteiger partial charge on any atom is 0.261 e. The van der Waals surface area contributed by atoms with Gasteiger partial charge in [0.05, 0.1) is 0 Å². The molecule has 2 rings (SSSR count). The Morgan fingerprint density at radius 1 is 1.10 bits per heavy atom. The zero-order valence-corrected chi connectivity index (χ0v) is 18.9. The topological polar surface area (TPSA) is 58.6 Å². The molecular formula is C24H31ClN2O3. The maximum absolute atomic E-state index is 13.2. The minimum atomic E-state index is -0.575. The van der Waals surface area contributed by atoms with E-state index in [0.717, 1.165) is 17.5 Å². The van der Waals surface area contributed by atoms with Gasteiger partial charge < -0.3 is 15.0 Å². The molecule has 5 nitrogen and oxygen atoms in total. The maximum atomic E-state index is 13.2. The van der Waals surface area contributed by atoms with Crippen molar-refractivity contribution >= 4 is 23.4 Å². The number of ether oxygens (including phenoxy) is 1. The smallest absolute Gasteiger partial charge is 0.261 e. The number of nitrogens with zero attached hydrogens (tertiary/aromatic N) is 1. The summed E-state index contributed by atoms with van der Waals surface area (Å²) in [6.07, 6.45) is 1.34. The van der Waals surface area contributed by atoms with Crippen LogP contribution in [0, 0.1) is 6.92 Å². The second-order valence-corrected chi connectivity index (χ2v) is 7.87. The van der Waals surface area contributed by atoms with Crippen molar-refractivity contribution in [3.05, 3.63) is 64.7 Å². The molecule has 2 unspecified atom stereocenters. The number of hydrogen-bond acceptors (Lipinski definition) is 3. The molecule has 0 aliphatic heterocycles. The lowest BCUT2D eigenvalue weighted by atomic mass is 10.1. The zero-order valence-electron chi connectivity index (χ0n) is 18.2. The number of rotatable bonds is 10. The highest BCUT2D eigenvalue weighted by Gasteiger charge is 2.29. The lowest BCUT2D eigenvalue weighted by molar-refractivity contribution is -0.143. The minimum absolute atomic E-state index is 0.0460. The van der Waals surface area contributed by atoms with Crippen LogP contribution in [-0.2, 0) is 16.1 Å². The normalized spacial score (nSPS) is 12.7. The van der Waals surface area contributed by atoms with Crippen molar-refractivity contribution in [2.24, 2.45) is 0 Å². The Morgan fingerprint density at radius 3 is 2.47 bits per heavy atom. The lowest BCUT2D eigenvalue weighted by Gasteiger charge is -2.31. The van der Waals surface area contributed by atoms with E-state index in [2.05, 4.69) is 5.32 Å². The van der Waals surface area contributed by atoms with Crippen molar-refractivity contribution in [2.45, 2.75) is 59.2 Å². The molecule has 0 radical (unpaired) electrons. The Morgan fingerprint density at radius 2 is 1.83 bits per heavy atom. The molecule has 0 aliphatic rings. The number of amides is 2. The third-order valence-corrected chi connectivity index (χ3v) is 5.38. The highest BCUT2D eigenvalue weighted by Crippen LogP contribution is 2.19. The first-order valence-electron chi connectivity index (χ1n) is 10.4. The number of hydrogen-bond donors (Lipinski definition) is 1. The average molecular weight is 431 g/mol. The van der Waals surface area contributed by atoms with Crippen molar-refractivity contribution in [3.8, 4) is 5.75 Å². The first-order valence-corrected chi connectivity index (χ1v) is 10.8. The van der Waals surface area contributed by atoms with E-state index in [0.29, 0.717) is 23.7 Å². The second kappa shape index (κ2) is 11.6. The second-order valence-electron chi connectivity index (χ2n) is 7.44. The van der Waals surface area contributed by atoms with Gasteiger partial charge in [0.1, 0.15) is 11.8 Å². The number of halogens is 1. The molecule has 2 aromatic rings. The molecule has 6 heteroatoms. The number of carbonyl (C=O) groups is 2. The summed E-state index contributed by atoms with van der Waals surface area (Å²) in [6, 6.07) is 14.3. The summed E-state index contributed by atoms with van der Waals surface area (Å²) >= 11 is 6.00. The van der Waals surface area contributed by atoms with Gasteiger partial charge in [0, 0.05) is 17.6 Å². The van der Waals surface area contributed by atoms with Crippen molar-refractivity contribution in [3.63, 3.8) is 0 Å². The van der Waals surface area contributed by atoms with E-state index in [1.54, 1.807) is 29.2 Å². The molecule has 0 saturated heterocycles. The Bertz CT molecular complexity index is 856. The quantitative estimate of drug-likeness (QED) is 0.591. The van der Waals surface area contributed by atoms with Gasteiger partial charge in [-0.15, -0.1) is 0 Å². The van der Waals surface area contributed by atoms with E-state index in [1.165, 1.54) is 0 Å². The van der Waals surface area contributed by atoms with E-state index in [1.807, 2.05) is 52.0 Å². The van der Waals surface area contributed by atoms with Gasteiger partial charge in [0.15, 0.2) is 6.61 Å². The highest BCUT2D eigenvalue weighted by molar-refractivity contribution is 6.30. The summed E-state index contributed by atoms with van der Waals surface area (Å²) < 4.78 is 5.67. The van der Waals surface area contributed by atoms with E-state index in [-0.39, 0.29) is 24.5 Å². The molecule has 0 aromatic heterocycles. The number of nitrogens with one attached hydrogen (secondary N) is 1. The molecule has 0 aliphatic carbocycles. The lowest BCUT2D eigenvalue weighted by Crippen LogP contribution is -2.51. The van der Waals surface area contributed by atoms with Crippen LogP contribution in [0.3, 0.4) is 0 Å². The molecule has 2 aromatic carbocycles.